The predicted molar refractivity (Wildman–Crippen MR) is 92.4 cm³/mol. The van der Waals surface area contributed by atoms with Crippen LogP contribution in [0.15, 0.2) is 24.3 Å². The van der Waals surface area contributed by atoms with E-state index in [1.807, 2.05) is 26.0 Å². The van der Waals surface area contributed by atoms with E-state index in [0.717, 1.165) is 19.4 Å². The second kappa shape index (κ2) is 8.11. The molecule has 1 heterocycles. The lowest BCUT2D eigenvalue weighted by Crippen LogP contribution is -2.40. The standard InChI is InChI=1S/C18H27N3O2/c1-12(2)11-20-18(23)15-6-4-5-7-16(15)21-17(22)14-8-9-19-13(3)10-14/h4-7,12-14,19H,8-11H2,1-3H3,(H,20,23)(H,21,22)/t13-,14-/m0/s1. The number of carbonyl (C=O) groups is 2. The van der Waals surface area contributed by atoms with Crippen LogP contribution in [0.25, 0.3) is 0 Å². The highest BCUT2D eigenvalue weighted by Gasteiger charge is 2.25. The molecule has 0 bridgehead atoms. The van der Waals surface area contributed by atoms with E-state index in [0.29, 0.717) is 29.8 Å². The molecule has 5 nitrogen and oxygen atoms in total. The predicted octanol–water partition coefficient (Wildman–Crippen LogP) is 2.40. The zero-order chi connectivity index (χ0) is 16.8. The largest absolute Gasteiger partial charge is 0.352 e. The summed E-state index contributed by atoms with van der Waals surface area (Å²) in [4.78, 5) is 24.8. The molecule has 1 aliphatic heterocycles. The quantitative estimate of drug-likeness (QED) is 0.781. The zero-order valence-electron chi connectivity index (χ0n) is 14.2. The van der Waals surface area contributed by atoms with Crippen LogP contribution in [0.4, 0.5) is 5.69 Å². The molecule has 3 N–H and O–H groups in total. The van der Waals surface area contributed by atoms with Gasteiger partial charge in [0.05, 0.1) is 11.3 Å². The summed E-state index contributed by atoms with van der Waals surface area (Å²) >= 11 is 0. The van der Waals surface area contributed by atoms with Gasteiger partial charge in [-0.1, -0.05) is 26.0 Å². The molecule has 2 amide bonds. The molecule has 5 heteroatoms. The van der Waals surface area contributed by atoms with Crippen molar-refractivity contribution in [3.8, 4) is 0 Å². The number of hydrogen-bond acceptors (Lipinski definition) is 3. The number of amides is 2. The van der Waals surface area contributed by atoms with Gasteiger partial charge in [0, 0.05) is 18.5 Å². The zero-order valence-corrected chi connectivity index (χ0v) is 14.2. The first kappa shape index (κ1) is 17.5. The Morgan fingerprint density at radius 2 is 2.04 bits per heavy atom. The Bertz CT molecular complexity index is 557. The van der Waals surface area contributed by atoms with Crippen LogP contribution in [0.2, 0.25) is 0 Å². The summed E-state index contributed by atoms with van der Waals surface area (Å²) in [5.41, 5.74) is 1.11. The maximum absolute atomic E-state index is 12.5. The first-order valence-electron chi connectivity index (χ1n) is 8.39. The lowest BCUT2D eigenvalue weighted by molar-refractivity contribution is -0.120. The van der Waals surface area contributed by atoms with E-state index in [1.54, 1.807) is 12.1 Å². The van der Waals surface area contributed by atoms with Crippen molar-refractivity contribution in [2.45, 2.75) is 39.7 Å². The molecule has 0 radical (unpaired) electrons. The monoisotopic (exact) mass is 317 g/mol. The van der Waals surface area contributed by atoms with Crippen molar-refractivity contribution in [2.75, 3.05) is 18.4 Å². The van der Waals surface area contributed by atoms with Gasteiger partial charge < -0.3 is 16.0 Å². The Morgan fingerprint density at radius 1 is 1.30 bits per heavy atom. The van der Waals surface area contributed by atoms with E-state index in [2.05, 4.69) is 22.9 Å². The number of piperidine rings is 1. The number of carbonyl (C=O) groups excluding carboxylic acids is 2. The number of anilines is 1. The van der Waals surface area contributed by atoms with Gasteiger partial charge in [-0.25, -0.2) is 0 Å². The van der Waals surface area contributed by atoms with Crippen LogP contribution in [0.1, 0.15) is 44.0 Å². The van der Waals surface area contributed by atoms with Crippen molar-refractivity contribution < 1.29 is 9.59 Å². The molecule has 2 rings (SSSR count). The Kier molecular flexibility index (Phi) is 6.16. The Balaban J connectivity index is 2.04. The Labute approximate surface area is 138 Å². The maximum atomic E-state index is 12.5. The molecule has 0 unspecified atom stereocenters. The van der Waals surface area contributed by atoms with Gasteiger partial charge >= 0.3 is 0 Å². The van der Waals surface area contributed by atoms with Gasteiger partial charge in [0.1, 0.15) is 0 Å². The third-order valence-electron chi connectivity index (χ3n) is 4.09. The fraction of sp³-hybridized carbons (Fsp3) is 0.556. The number of hydrogen-bond donors (Lipinski definition) is 3. The van der Waals surface area contributed by atoms with Crippen LogP contribution in [0.3, 0.4) is 0 Å². The minimum atomic E-state index is -0.145. The van der Waals surface area contributed by atoms with E-state index in [-0.39, 0.29) is 17.7 Å². The van der Waals surface area contributed by atoms with Crippen molar-refractivity contribution in [1.82, 2.24) is 10.6 Å². The number of benzene rings is 1. The van der Waals surface area contributed by atoms with Gasteiger partial charge in [0.25, 0.3) is 5.91 Å². The first-order chi connectivity index (χ1) is 11.0. The molecule has 126 valence electrons. The van der Waals surface area contributed by atoms with Gasteiger partial charge in [-0.3, -0.25) is 9.59 Å². The second-order valence-electron chi connectivity index (χ2n) is 6.72. The molecule has 2 atom stereocenters. The van der Waals surface area contributed by atoms with Crippen molar-refractivity contribution in [3.63, 3.8) is 0 Å². The van der Waals surface area contributed by atoms with Gasteiger partial charge in [0.15, 0.2) is 0 Å². The normalized spacial score (nSPS) is 21.0. The Morgan fingerprint density at radius 3 is 2.74 bits per heavy atom. The summed E-state index contributed by atoms with van der Waals surface area (Å²) in [7, 11) is 0. The van der Waals surface area contributed by atoms with E-state index >= 15 is 0 Å². The van der Waals surface area contributed by atoms with Crippen LogP contribution in [-0.2, 0) is 4.79 Å². The maximum Gasteiger partial charge on any atom is 0.253 e. The molecule has 0 aliphatic carbocycles. The summed E-state index contributed by atoms with van der Waals surface area (Å²) in [5, 5.41) is 9.18. The van der Waals surface area contributed by atoms with E-state index in [9.17, 15) is 9.59 Å². The molecule has 1 aromatic rings. The molecule has 1 aromatic carbocycles. The lowest BCUT2D eigenvalue weighted by atomic mass is 9.92. The summed E-state index contributed by atoms with van der Waals surface area (Å²) in [6, 6.07) is 7.53. The van der Waals surface area contributed by atoms with Crippen molar-refractivity contribution >= 4 is 17.5 Å². The van der Waals surface area contributed by atoms with E-state index in [4.69, 9.17) is 0 Å². The minimum Gasteiger partial charge on any atom is -0.352 e. The van der Waals surface area contributed by atoms with Crippen molar-refractivity contribution in [2.24, 2.45) is 11.8 Å². The van der Waals surface area contributed by atoms with Crippen LogP contribution in [0, 0.1) is 11.8 Å². The van der Waals surface area contributed by atoms with Gasteiger partial charge in [0.2, 0.25) is 5.91 Å². The molecule has 23 heavy (non-hydrogen) atoms. The smallest absolute Gasteiger partial charge is 0.253 e. The number of nitrogens with one attached hydrogen (secondary N) is 3. The average Bonchev–Trinajstić information content (AvgIpc) is 2.53. The van der Waals surface area contributed by atoms with E-state index < -0.39 is 0 Å². The van der Waals surface area contributed by atoms with Crippen LogP contribution >= 0.6 is 0 Å². The SMILES string of the molecule is CC(C)CNC(=O)c1ccccc1NC(=O)[C@H]1CCN[C@@H](C)C1. The fourth-order valence-electron chi connectivity index (χ4n) is 2.79. The highest BCUT2D eigenvalue weighted by Crippen LogP contribution is 2.21. The average molecular weight is 317 g/mol. The topological polar surface area (TPSA) is 70.2 Å². The van der Waals surface area contributed by atoms with Gasteiger partial charge in [-0.2, -0.15) is 0 Å². The molecule has 1 aliphatic rings. The molecule has 1 saturated heterocycles. The molecular weight excluding hydrogens is 290 g/mol. The molecule has 0 saturated carbocycles. The molecule has 0 aromatic heterocycles. The number of para-hydroxylation sites is 1. The third-order valence-corrected chi connectivity index (χ3v) is 4.09. The summed E-state index contributed by atoms with van der Waals surface area (Å²) in [6.45, 7) is 7.66. The third kappa shape index (κ3) is 5.06. The minimum absolute atomic E-state index is 0.00182. The highest BCUT2D eigenvalue weighted by atomic mass is 16.2. The summed E-state index contributed by atoms with van der Waals surface area (Å²) in [5.74, 6) is 0.241. The Hall–Kier alpha value is -1.88. The summed E-state index contributed by atoms with van der Waals surface area (Å²) < 4.78 is 0. The lowest BCUT2D eigenvalue weighted by Gasteiger charge is -2.27. The van der Waals surface area contributed by atoms with Crippen LogP contribution < -0.4 is 16.0 Å². The van der Waals surface area contributed by atoms with Crippen LogP contribution in [0.5, 0.6) is 0 Å². The van der Waals surface area contributed by atoms with Crippen molar-refractivity contribution in [1.29, 1.82) is 0 Å². The first-order valence-corrected chi connectivity index (χ1v) is 8.39. The number of rotatable bonds is 5. The van der Waals surface area contributed by atoms with E-state index in [1.165, 1.54) is 0 Å². The molecule has 1 fully saturated rings. The molecule has 0 spiro atoms. The molecular formula is C18H27N3O2. The van der Waals surface area contributed by atoms with Crippen molar-refractivity contribution in [3.05, 3.63) is 29.8 Å². The van der Waals surface area contributed by atoms with Gasteiger partial charge in [-0.15, -0.1) is 0 Å². The second-order valence-corrected chi connectivity index (χ2v) is 6.72. The van der Waals surface area contributed by atoms with Crippen LogP contribution in [-0.4, -0.2) is 30.9 Å². The highest BCUT2D eigenvalue weighted by molar-refractivity contribution is 6.04. The fourth-order valence-corrected chi connectivity index (χ4v) is 2.79. The van der Waals surface area contributed by atoms with Gasteiger partial charge in [-0.05, 0) is 44.4 Å². The summed E-state index contributed by atoms with van der Waals surface area (Å²) in [6.07, 6.45) is 1.66.